The second kappa shape index (κ2) is 8.74. The van der Waals surface area contributed by atoms with E-state index in [4.69, 9.17) is 9.72 Å². The zero-order valence-electron chi connectivity index (χ0n) is 17.5. The van der Waals surface area contributed by atoms with Gasteiger partial charge in [-0.1, -0.05) is 35.9 Å². The molecule has 30 heavy (non-hydrogen) atoms. The first-order valence-electron chi connectivity index (χ1n) is 10.4. The summed E-state index contributed by atoms with van der Waals surface area (Å²) in [5, 5.41) is 4.51. The van der Waals surface area contributed by atoms with Gasteiger partial charge >= 0.3 is 0 Å². The summed E-state index contributed by atoms with van der Waals surface area (Å²) < 4.78 is 29.5. The van der Waals surface area contributed by atoms with E-state index in [1.54, 1.807) is 0 Å². The van der Waals surface area contributed by atoms with Gasteiger partial charge in [-0.25, -0.2) is 13.4 Å². The first-order valence-corrected chi connectivity index (χ1v) is 12.2. The van der Waals surface area contributed by atoms with E-state index in [0.29, 0.717) is 31.3 Å². The number of benzene rings is 2. The summed E-state index contributed by atoms with van der Waals surface area (Å²) in [6, 6.07) is 16.5. The number of fused-ring (bicyclic) bond motifs is 1. The maximum Gasteiger partial charge on any atom is 0.218 e. The van der Waals surface area contributed by atoms with Crippen LogP contribution in [0.25, 0.3) is 10.9 Å². The maximum atomic E-state index is 11.7. The van der Waals surface area contributed by atoms with Crippen LogP contribution in [0.2, 0.25) is 0 Å². The molecule has 1 aliphatic heterocycles. The van der Waals surface area contributed by atoms with Crippen molar-refractivity contribution in [3.63, 3.8) is 0 Å². The summed E-state index contributed by atoms with van der Waals surface area (Å²) in [5.41, 5.74) is 5.41. The SMILES string of the molecule is Cc1ccc2nc(OCc3ccccc3C)c(CNCC3CCS(=O)(=O)C3)cc2c1. The van der Waals surface area contributed by atoms with E-state index in [9.17, 15) is 8.42 Å². The summed E-state index contributed by atoms with van der Waals surface area (Å²) in [5.74, 6) is 1.40. The molecule has 1 atom stereocenters. The minimum absolute atomic E-state index is 0.182. The number of aryl methyl sites for hydroxylation is 2. The molecule has 1 aliphatic rings. The zero-order chi connectivity index (χ0) is 21.1. The van der Waals surface area contributed by atoms with Crippen LogP contribution < -0.4 is 10.1 Å². The zero-order valence-corrected chi connectivity index (χ0v) is 18.3. The summed E-state index contributed by atoms with van der Waals surface area (Å²) in [4.78, 5) is 4.78. The van der Waals surface area contributed by atoms with Crippen LogP contribution >= 0.6 is 0 Å². The Morgan fingerprint density at radius 3 is 2.70 bits per heavy atom. The Bertz CT molecular complexity index is 1160. The molecule has 1 unspecified atom stereocenters. The molecule has 0 saturated carbocycles. The lowest BCUT2D eigenvalue weighted by Gasteiger charge is -2.15. The fraction of sp³-hybridized carbons (Fsp3) is 0.375. The van der Waals surface area contributed by atoms with Gasteiger partial charge in [-0.15, -0.1) is 0 Å². The Labute approximate surface area is 178 Å². The third kappa shape index (κ3) is 4.99. The van der Waals surface area contributed by atoms with E-state index in [-0.39, 0.29) is 11.7 Å². The highest BCUT2D eigenvalue weighted by molar-refractivity contribution is 7.91. The van der Waals surface area contributed by atoms with Crippen molar-refractivity contribution in [2.45, 2.75) is 33.4 Å². The van der Waals surface area contributed by atoms with Gasteiger partial charge in [0, 0.05) is 17.5 Å². The summed E-state index contributed by atoms with van der Waals surface area (Å²) in [7, 11) is -2.85. The molecule has 4 rings (SSSR count). The van der Waals surface area contributed by atoms with Crippen molar-refractivity contribution in [3.8, 4) is 5.88 Å². The molecule has 0 radical (unpaired) electrons. The minimum atomic E-state index is -2.85. The lowest BCUT2D eigenvalue weighted by atomic mass is 10.1. The van der Waals surface area contributed by atoms with Crippen LogP contribution in [0.4, 0.5) is 0 Å². The third-order valence-corrected chi connectivity index (χ3v) is 7.55. The molecule has 2 heterocycles. The van der Waals surface area contributed by atoms with Gasteiger partial charge in [0.05, 0.1) is 17.0 Å². The predicted octanol–water partition coefficient (Wildman–Crippen LogP) is 3.95. The van der Waals surface area contributed by atoms with Crippen LogP contribution in [0, 0.1) is 19.8 Å². The van der Waals surface area contributed by atoms with Crippen molar-refractivity contribution in [2.75, 3.05) is 18.1 Å². The molecule has 3 aromatic rings. The molecule has 0 amide bonds. The second-order valence-electron chi connectivity index (χ2n) is 8.26. The van der Waals surface area contributed by atoms with Gasteiger partial charge in [0.25, 0.3) is 0 Å². The number of hydrogen-bond donors (Lipinski definition) is 1. The summed E-state index contributed by atoms with van der Waals surface area (Å²) >= 11 is 0. The van der Waals surface area contributed by atoms with Crippen LogP contribution in [0.15, 0.2) is 48.5 Å². The van der Waals surface area contributed by atoms with Crippen LogP contribution in [0.5, 0.6) is 5.88 Å². The smallest absolute Gasteiger partial charge is 0.218 e. The van der Waals surface area contributed by atoms with Crippen molar-refractivity contribution in [2.24, 2.45) is 5.92 Å². The van der Waals surface area contributed by atoms with Crippen molar-refractivity contribution in [3.05, 3.63) is 70.8 Å². The van der Waals surface area contributed by atoms with E-state index in [1.807, 2.05) is 18.2 Å². The molecule has 1 saturated heterocycles. The lowest BCUT2D eigenvalue weighted by molar-refractivity contribution is 0.290. The molecular weight excluding hydrogens is 396 g/mol. The van der Waals surface area contributed by atoms with Crippen molar-refractivity contribution < 1.29 is 13.2 Å². The largest absolute Gasteiger partial charge is 0.473 e. The molecular formula is C24H28N2O3S. The Morgan fingerprint density at radius 1 is 1.10 bits per heavy atom. The molecule has 6 heteroatoms. The topological polar surface area (TPSA) is 68.3 Å². The van der Waals surface area contributed by atoms with Gasteiger partial charge in [0.1, 0.15) is 6.61 Å². The number of hydrogen-bond acceptors (Lipinski definition) is 5. The Kier molecular flexibility index (Phi) is 6.06. The molecule has 1 aromatic heterocycles. The molecule has 0 spiro atoms. The highest BCUT2D eigenvalue weighted by atomic mass is 32.2. The third-order valence-electron chi connectivity index (χ3n) is 5.71. The van der Waals surface area contributed by atoms with Crippen molar-refractivity contribution in [1.82, 2.24) is 10.3 Å². The number of ether oxygens (including phenoxy) is 1. The normalized spacial score (nSPS) is 18.0. The van der Waals surface area contributed by atoms with Gasteiger partial charge in [-0.3, -0.25) is 0 Å². The molecule has 0 aliphatic carbocycles. The van der Waals surface area contributed by atoms with Crippen LogP contribution in [-0.4, -0.2) is 31.5 Å². The van der Waals surface area contributed by atoms with Crippen molar-refractivity contribution in [1.29, 1.82) is 0 Å². The second-order valence-corrected chi connectivity index (χ2v) is 10.5. The van der Waals surface area contributed by atoms with Crippen LogP contribution in [0.1, 0.15) is 28.7 Å². The first-order chi connectivity index (χ1) is 14.4. The van der Waals surface area contributed by atoms with Gasteiger partial charge in [0.2, 0.25) is 5.88 Å². The van der Waals surface area contributed by atoms with Gasteiger partial charge in [0.15, 0.2) is 9.84 Å². The van der Waals surface area contributed by atoms with Crippen LogP contribution in [-0.2, 0) is 23.0 Å². The fourth-order valence-corrected chi connectivity index (χ4v) is 5.80. The Balaban J connectivity index is 1.52. The molecule has 158 valence electrons. The van der Waals surface area contributed by atoms with Gasteiger partial charge in [-0.05, 0) is 62.1 Å². The number of pyridine rings is 1. The highest BCUT2D eigenvalue weighted by Gasteiger charge is 2.27. The Morgan fingerprint density at radius 2 is 1.93 bits per heavy atom. The lowest BCUT2D eigenvalue weighted by Crippen LogP contribution is -2.23. The molecule has 0 bridgehead atoms. The highest BCUT2D eigenvalue weighted by Crippen LogP contribution is 2.25. The predicted molar refractivity (Wildman–Crippen MR) is 120 cm³/mol. The van der Waals surface area contributed by atoms with E-state index in [1.165, 1.54) is 11.1 Å². The van der Waals surface area contributed by atoms with E-state index >= 15 is 0 Å². The fourth-order valence-electron chi connectivity index (χ4n) is 3.94. The molecule has 5 nitrogen and oxygen atoms in total. The summed E-state index contributed by atoms with van der Waals surface area (Å²) in [6.07, 6.45) is 0.737. The number of rotatable bonds is 7. The average molecular weight is 425 g/mol. The number of nitrogens with one attached hydrogen (secondary N) is 1. The van der Waals surface area contributed by atoms with Crippen molar-refractivity contribution >= 4 is 20.7 Å². The molecule has 2 aromatic carbocycles. The summed E-state index contributed by atoms with van der Waals surface area (Å²) in [6.45, 7) is 5.89. The van der Waals surface area contributed by atoms with E-state index in [0.717, 1.165) is 28.5 Å². The van der Waals surface area contributed by atoms with Gasteiger partial charge in [-0.2, -0.15) is 0 Å². The number of aromatic nitrogens is 1. The minimum Gasteiger partial charge on any atom is -0.473 e. The first kappa shape index (κ1) is 20.8. The molecule has 1 N–H and O–H groups in total. The monoisotopic (exact) mass is 424 g/mol. The maximum absolute atomic E-state index is 11.7. The van der Waals surface area contributed by atoms with E-state index in [2.05, 4.69) is 49.5 Å². The number of sulfone groups is 1. The molecule has 1 fully saturated rings. The average Bonchev–Trinajstić information content (AvgIpc) is 3.06. The number of nitrogens with zero attached hydrogens (tertiary/aromatic N) is 1. The Hall–Kier alpha value is -2.44. The standard InChI is InChI=1S/C24H28N2O3S/c1-17-7-8-23-21(11-17)12-22(14-25-13-19-9-10-30(27,28)16-19)24(26-23)29-15-20-6-4-3-5-18(20)2/h3-8,11-12,19,25H,9-10,13-16H2,1-2H3. The van der Waals surface area contributed by atoms with E-state index < -0.39 is 9.84 Å². The quantitative estimate of drug-likeness (QED) is 0.622. The van der Waals surface area contributed by atoms with Gasteiger partial charge < -0.3 is 10.1 Å². The van der Waals surface area contributed by atoms with Crippen LogP contribution in [0.3, 0.4) is 0 Å².